The SMILES string of the molecule is CCc1nnc2n1CC(NC(=O)c1cnc(C)cn1)CC2. The van der Waals surface area contributed by atoms with Crippen molar-refractivity contribution in [2.45, 2.75) is 45.7 Å². The Labute approximate surface area is 122 Å². The van der Waals surface area contributed by atoms with Gasteiger partial charge in [-0.2, -0.15) is 0 Å². The number of nitrogens with one attached hydrogen (secondary N) is 1. The van der Waals surface area contributed by atoms with Gasteiger partial charge in [0, 0.05) is 31.6 Å². The molecule has 2 aromatic rings. The van der Waals surface area contributed by atoms with Gasteiger partial charge >= 0.3 is 0 Å². The Kier molecular flexibility index (Phi) is 3.64. The number of nitrogens with zero attached hydrogens (tertiary/aromatic N) is 5. The summed E-state index contributed by atoms with van der Waals surface area (Å²) < 4.78 is 2.11. The Hall–Kier alpha value is -2.31. The lowest BCUT2D eigenvalue weighted by atomic mass is 10.1. The van der Waals surface area contributed by atoms with Crippen LogP contribution in [0, 0.1) is 6.92 Å². The lowest BCUT2D eigenvalue weighted by molar-refractivity contribution is 0.0921. The molecule has 7 heteroatoms. The minimum atomic E-state index is -0.179. The van der Waals surface area contributed by atoms with E-state index in [0.29, 0.717) is 5.69 Å². The molecule has 1 aliphatic rings. The zero-order valence-electron chi connectivity index (χ0n) is 12.2. The van der Waals surface area contributed by atoms with Crippen LogP contribution in [-0.4, -0.2) is 36.7 Å². The van der Waals surface area contributed by atoms with E-state index in [4.69, 9.17) is 0 Å². The molecule has 0 radical (unpaired) electrons. The van der Waals surface area contributed by atoms with E-state index in [1.54, 1.807) is 6.20 Å². The van der Waals surface area contributed by atoms with Crippen molar-refractivity contribution in [3.8, 4) is 0 Å². The highest BCUT2D eigenvalue weighted by Crippen LogP contribution is 2.15. The monoisotopic (exact) mass is 286 g/mol. The molecular formula is C14H18N6O. The normalized spacial score (nSPS) is 17.3. The van der Waals surface area contributed by atoms with Crippen LogP contribution in [-0.2, 0) is 19.4 Å². The fourth-order valence-electron chi connectivity index (χ4n) is 2.53. The van der Waals surface area contributed by atoms with Gasteiger partial charge in [0.2, 0.25) is 0 Å². The van der Waals surface area contributed by atoms with E-state index in [1.807, 2.05) is 6.92 Å². The summed E-state index contributed by atoms with van der Waals surface area (Å²) in [6, 6.07) is 0.0782. The molecule has 110 valence electrons. The van der Waals surface area contributed by atoms with Crippen LogP contribution < -0.4 is 5.32 Å². The summed E-state index contributed by atoms with van der Waals surface area (Å²) in [6.45, 7) is 4.62. The highest BCUT2D eigenvalue weighted by molar-refractivity contribution is 5.92. The molecule has 1 amide bonds. The molecule has 3 heterocycles. The van der Waals surface area contributed by atoms with Gasteiger partial charge in [-0.25, -0.2) is 4.98 Å². The molecule has 7 nitrogen and oxygen atoms in total. The molecule has 0 saturated heterocycles. The van der Waals surface area contributed by atoms with E-state index in [0.717, 1.165) is 43.1 Å². The van der Waals surface area contributed by atoms with Crippen LogP contribution in [0.3, 0.4) is 0 Å². The summed E-state index contributed by atoms with van der Waals surface area (Å²) in [4.78, 5) is 20.4. The number of carbonyl (C=O) groups excluding carboxylic acids is 1. The summed E-state index contributed by atoms with van der Waals surface area (Å²) in [6.07, 6.45) is 5.65. The molecule has 3 rings (SSSR count). The Morgan fingerprint density at radius 2 is 2.24 bits per heavy atom. The molecule has 0 aromatic carbocycles. The largest absolute Gasteiger partial charge is 0.346 e. The first-order valence-corrected chi connectivity index (χ1v) is 7.18. The topological polar surface area (TPSA) is 85.6 Å². The quantitative estimate of drug-likeness (QED) is 0.897. The average Bonchev–Trinajstić information content (AvgIpc) is 2.90. The summed E-state index contributed by atoms with van der Waals surface area (Å²) in [5.74, 6) is 1.80. The van der Waals surface area contributed by atoms with E-state index in [9.17, 15) is 4.79 Å². The first kappa shape index (κ1) is 13.7. The predicted molar refractivity (Wildman–Crippen MR) is 75.7 cm³/mol. The summed E-state index contributed by atoms with van der Waals surface area (Å²) in [7, 11) is 0. The third-order valence-electron chi connectivity index (χ3n) is 3.69. The van der Waals surface area contributed by atoms with Crippen LogP contribution in [0.25, 0.3) is 0 Å². The molecule has 1 N–H and O–H groups in total. The number of hydrogen-bond donors (Lipinski definition) is 1. The number of fused-ring (bicyclic) bond motifs is 1. The van der Waals surface area contributed by atoms with Crippen LogP contribution >= 0.6 is 0 Å². The van der Waals surface area contributed by atoms with Crippen LogP contribution in [0.1, 0.15) is 41.2 Å². The second kappa shape index (κ2) is 5.59. The highest BCUT2D eigenvalue weighted by atomic mass is 16.1. The summed E-state index contributed by atoms with van der Waals surface area (Å²) >= 11 is 0. The van der Waals surface area contributed by atoms with Gasteiger partial charge in [-0.3, -0.25) is 9.78 Å². The Morgan fingerprint density at radius 1 is 1.38 bits per heavy atom. The molecule has 0 saturated carbocycles. The van der Waals surface area contributed by atoms with Crippen molar-refractivity contribution in [2.75, 3.05) is 0 Å². The molecule has 1 aliphatic heterocycles. The van der Waals surface area contributed by atoms with Crippen molar-refractivity contribution in [3.63, 3.8) is 0 Å². The Bertz CT molecular complexity index is 634. The molecule has 21 heavy (non-hydrogen) atoms. The fourth-order valence-corrected chi connectivity index (χ4v) is 2.53. The van der Waals surface area contributed by atoms with Crippen LogP contribution in [0.4, 0.5) is 0 Å². The van der Waals surface area contributed by atoms with Gasteiger partial charge in [0.25, 0.3) is 5.91 Å². The maximum absolute atomic E-state index is 12.2. The van der Waals surface area contributed by atoms with E-state index in [1.165, 1.54) is 6.20 Å². The molecule has 0 aliphatic carbocycles. The zero-order chi connectivity index (χ0) is 14.8. The van der Waals surface area contributed by atoms with Gasteiger partial charge in [-0.1, -0.05) is 6.92 Å². The maximum Gasteiger partial charge on any atom is 0.271 e. The standard InChI is InChI=1S/C14H18N6O/c1-3-12-18-19-13-5-4-10(8-20(12)13)17-14(21)11-7-15-9(2)6-16-11/h6-7,10H,3-5,8H2,1-2H3,(H,17,21). The average molecular weight is 286 g/mol. The lowest BCUT2D eigenvalue weighted by Crippen LogP contribution is -2.41. The Balaban J connectivity index is 1.69. The van der Waals surface area contributed by atoms with Gasteiger partial charge < -0.3 is 9.88 Å². The van der Waals surface area contributed by atoms with Crippen molar-refractivity contribution in [1.82, 2.24) is 30.0 Å². The molecule has 2 aromatic heterocycles. The fraction of sp³-hybridized carbons (Fsp3) is 0.500. The molecular weight excluding hydrogens is 268 g/mol. The van der Waals surface area contributed by atoms with Crippen molar-refractivity contribution in [2.24, 2.45) is 0 Å². The van der Waals surface area contributed by atoms with Crippen LogP contribution in [0.2, 0.25) is 0 Å². The third kappa shape index (κ3) is 2.76. The number of aryl methyl sites for hydroxylation is 3. The van der Waals surface area contributed by atoms with Crippen molar-refractivity contribution in [3.05, 3.63) is 35.4 Å². The van der Waals surface area contributed by atoms with Gasteiger partial charge in [-0.15, -0.1) is 10.2 Å². The number of aromatic nitrogens is 5. The van der Waals surface area contributed by atoms with Crippen LogP contribution in [0.15, 0.2) is 12.4 Å². The molecule has 0 bridgehead atoms. The first-order valence-electron chi connectivity index (χ1n) is 7.18. The van der Waals surface area contributed by atoms with Crippen molar-refractivity contribution >= 4 is 5.91 Å². The van der Waals surface area contributed by atoms with Gasteiger partial charge in [-0.05, 0) is 13.3 Å². The highest BCUT2D eigenvalue weighted by Gasteiger charge is 2.24. The first-order chi connectivity index (χ1) is 10.2. The second-order valence-corrected chi connectivity index (χ2v) is 5.25. The van der Waals surface area contributed by atoms with E-state index in [-0.39, 0.29) is 11.9 Å². The predicted octanol–water partition coefficient (Wildman–Crippen LogP) is 0.684. The van der Waals surface area contributed by atoms with Gasteiger partial charge in [0.15, 0.2) is 0 Å². The van der Waals surface area contributed by atoms with Crippen molar-refractivity contribution < 1.29 is 4.79 Å². The minimum absolute atomic E-state index is 0.0782. The smallest absolute Gasteiger partial charge is 0.271 e. The maximum atomic E-state index is 12.2. The summed E-state index contributed by atoms with van der Waals surface area (Å²) in [5.41, 5.74) is 1.15. The lowest BCUT2D eigenvalue weighted by Gasteiger charge is -2.25. The van der Waals surface area contributed by atoms with Gasteiger partial charge in [0.1, 0.15) is 17.3 Å². The number of hydrogen-bond acceptors (Lipinski definition) is 5. The molecule has 1 unspecified atom stereocenters. The Morgan fingerprint density at radius 3 is 2.95 bits per heavy atom. The van der Waals surface area contributed by atoms with E-state index >= 15 is 0 Å². The minimum Gasteiger partial charge on any atom is -0.346 e. The van der Waals surface area contributed by atoms with E-state index < -0.39 is 0 Å². The molecule has 0 spiro atoms. The van der Waals surface area contributed by atoms with E-state index in [2.05, 4.69) is 37.0 Å². The van der Waals surface area contributed by atoms with Gasteiger partial charge in [0.05, 0.1) is 11.9 Å². The van der Waals surface area contributed by atoms with Crippen LogP contribution in [0.5, 0.6) is 0 Å². The number of amides is 1. The molecule has 1 atom stereocenters. The number of rotatable bonds is 3. The van der Waals surface area contributed by atoms with Crippen molar-refractivity contribution in [1.29, 1.82) is 0 Å². The second-order valence-electron chi connectivity index (χ2n) is 5.25. The third-order valence-corrected chi connectivity index (χ3v) is 3.69. The zero-order valence-corrected chi connectivity index (χ0v) is 12.2. The number of carbonyl (C=O) groups is 1. The molecule has 0 fully saturated rings. The summed E-state index contributed by atoms with van der Waals surface area (Å²) in [5, 5.41) is 11.4.